The number of amides is 2. The second-order valence-electron chi connectivity index (χ2n) is 5.06. The van der Waals surface area contributed by atoms with Crippen molar-refractivity contribution in [1.82, 2.24) is 4.90 Å². The number of halogens is 3. The highest BCUT2D eigenvalue weighted by Crippen LogP contribution is 2.27. The number of nitrogens with one attached hydrogen (secondary N) is 1. The molecule has 0 saturated carbocycles. The zero-order chi connectivity index (χ0) is 17.7. The largest absolute Gasteiger partial charge is 0.573 e. The molecule has 1 aliphatic heterocycles. The van der Waals surface area contributed by atoms with Crippen molar-refractivity contribution < 1.29 is 32.2 Å². The summed E-state index contributed by atoms with van der Waals surface area (Å²) in [7, 11) is 0. The first kappa shape index (κ1) is 18.0. The van der Waals surface area contributed by atoms with E-state index in [-0.39, 0.29) is 17.8 Å². The average molecular weight is 347 g/mol. The summed E-state index contributed by atoms with van der Waals surface area (Å²) < 4.78 is 45.8. The third kappa shape index (κ3) is 5.39. The number of hydrogen-bond acceptors (Lipinski definition) is 5. The highest BCUT2D eigenvalue weighted by Gasteiger charge is 2.31. The van der Waals surface area contributed by atoms with Crippen LogP contribution in [0.5, 0.6) is 5.75 Å². The van der Waals surface area contributed by atoms with Gasteiger partial charge in [-0.1, -0.05) is 0 Å². The highest BCUT2D eigenvalue weighted by molar-refractivity contribution is 6.03. The lowest BCUT2D eigenvalue weighted by Crippen LogP contribution is -2.41. The fourth-order valence-corrected chi connectivity index (χ4v) is 2.19. The molecule has 1 heterocycles. The topological polar surface area (TPSA) is 93.9 Å². The van der Waals surface area contributed by atoms with Gasteiger partial charge in [-0.15, -0.1) is 13.2 Å². The van der Waals surface area contributed by atoms with Crippen LogP contribution in [0.1, 0.15) is 10.4 Å². The molecule has 132 valence electrons. The predicted molar refractivity (Wildman–Crippen MR) is 77.5 cm³/mol. The van der Waals surface area contributed by atoms with Gasteiger partial charge in [0.2, 0.25) is 5.91 Å². The van der Waals surface area contributed by atoms with Crippen molar-refractivity contribution >= 4 is 17.5 Å². The molecule has 2 rings (SSSR count). The monoisotopic (exact) mass is 347 g/mol. The maximum Gasteiger partial charge on any atom is 0.573 e. The number of hydrogen-bond donors (Lipinski definition) is 2. The van der Waals surface area contributed by atoms with Crippen molar-refractivity contribution in [1.29, 1.82) is 0 Å². The molecule has 0 unspecified atom stereocenters. The minimum Gasteiger partial charge on any atom is -0.406 e. The van der Waals surface area contributed by atoms with Gasteiger partial charge in [0.25, 0.3) is 5.91 Å². The number of nitrogens with zero attached hydrogens (tertiary/aromatic N) is 1. The number of carbonyl (C=O) groups is 2. The lowest BCUT2D eigenvalue weighted by Gasteiger charge is -2.26. The van der Waals surface area contributed by atoms with Crippen molar-refractivity contribution in [2.45, 2.75) is 6.36 Å². The smallest absolute Gasteiger partial charge is 0.406 e. The molecular formula is C14H16F3N3O4. The van der Waals surface area contributed by atoms with E-state index >= 15 is 0 Å². The highest BCUT2D eigenvalue weighted by atomic mass is 19.4. The standard InChI is InChI=1S/C14H16F3N3O4/c15-14(16,17)24-9-1-2-10(13(18)22)11(7-9)19-12(21)8-20-3-5-23-6-4-20/h1-2,7H,3-6,8H2,(H2,18,22)(H,19,21). The minimum absolute atomic E-state index is 0.0198. The molecule has 2 amide bonds. The van der Waals surface area contributed by atoms with E-state index in [1.165, 1.54) is 0 Å². The van der Waals surface area contributed by atoms with Crippen LogP contribution in [-0.4, -0.2) is 55.9 Å². The van der Waals surface area contributed by atoms with Crippen LogP contribution in [0.15, 0.2) is 18.2 Å². The van der Waals surface area contributed by atoms with Gasteiger partial charge >= 0.3 is 6.36 Å². The molecular weight excluding hydrogens is 331 g/mol. The zero-order valence-electron chi connectivity index (χ0n) is 12.6. The predicted octanol–water partition coefficient (Wildman–Crippen LogP) is 0.955. The summed E-state index contributed by atoms with van der Waals surface area (Å²) in [4.78, 5) is 25.2. The number of morpholine rings is 1. The van der Waals surface area contributed by atoms with Crippen molar-refractivity contribution in [2.24, 2.45) is 5.73 Å². The Hall–Kier alpha value is -2.33. The molecule has 24 heavy (non-hydrogen) atoms. The van der Waals surface area contributed by atoms with Crippen LogP contribution in [0.25, 0.3) is 0 Å². The van der Waals surface area contributed by atoms with Crippen molar-refractivity contribution in [3.8, 4) is 5.75 Å². The number of rotatable bonds is 5. The molecule has 0 atom stereocenters. The number of primary amides is 1. The average Bonchev–Trinajstić information content (AvgIpc) is 2.46. The Morgan fingerprint density at radius 1 is 1.29 bits per heavy atom. The van der Waals surface area contributed by atoms with Crippen LogP contribution in [0.4, 0.5) is 18.9 Å². The molecule has 1 aromatic carbocycles. The number of anilines is 1. The van der Waals surface area contributed by atoms with Gasteiger partial charge in [0.05, 0.1) is 31.0 Å². The van der Waals surface area contributed by atoms with E-state index in [4.69, 9.17) is 10.5 Å². The Balaban J connectivity index is 2.11. The second kappa shape index (κ2) is 7.49. The molecule has 1 fully saturated rings. The summed E-state index contributed by atoms with van der Waals surface area (Å²) in [5.41, 5.74) is 4.92. The lowest BCUT2D eigenvalue weighted by atomic mass is 10.1. The van der Waals surface area contributed by atoms with Gasteiger partial charge in [0.15, 0.2) is 0 Å². The first-order chi connectivity index (χ1) is 11.2. The zero-order valence-corrected chi connectivity index (χ0v) is 12.6. The van der Waals surface area contributed by atoms with Crippen LogP contribution in [0.3, 0.4) is 0 Å². The van der Waals surface area contributed by atoms with E-state index in [2.05, 4.69) is 10.1 Å². The lowest BCUT2D eigenvalue weighted by molar-refractivity contribution is -0.274. The Morgan fingerprint density at radius 3 is 2.54 bits per heavy atom. The van der Waals surface area contributed by atoms with Gasteiger partial charge in [-0.2, -0.15) is 0 Å². The van der Waals surface area contributed by atoms with Gasteiger partial charge in [0.1, 0.15) is 5.75 Å². The fraction of sp³-hybridized carbons (Fsp3) is 0.429. The third-order valence-electron chi connectivity index (χ3n) is 3.24. The van der Waals surface area contributed by atoms with E-state index in [0.29, 0.717) is 26.3 Å². The normalized spacial score (nSPS) is 15.8. The minimum atomic E-state index is -4.89. The summed E-state index contributed by atoms with van der Waals surface area (Å²) in [6, 6.07) is 2.92. The van der Waals surface area contributed by atoms with E-state index in [9.17, 15) is 22.8 Å². The Kier molecular flexibility index (Phi) is 5.62. The number of carbonyl (C=O) groups excluding carboxylic acids is 2. The number of nitrogens with two attached hydrogens (primary N) is 1. The Labute approximate surface area is 135 Å². The fourth-order valence-electron chi connectivity index (χ4n) is 2.19. The van der Waals surface area contributed by atoms with E-state index in [1.807, 2.05) is 4.90 Å². The first-order valence-electron chi connectivity index (χ1n) is 7.04. The van der Waals surface area contributed by atoms with Crippen LogP contribution in [0.2, 0.25) is 0 Å². The SMILES string of the molecule is NC(=O)c1ccc(OC(F)(F)F)cc1NC(=O)CN1CCOCC1. The molecule has 1 saturated heterocycles. The summed E-state index contributed by atoms with van der Waals surface area (Å²) in [5, 5.41) is 2.40. The van der Waals surface area contributed by atoms with E-state index in [0.717, 1.165) is 18.2 Å². The van der Waals surface area contributed by atoms with Gasteiger partial charge in [-0.25, -0.2) is 0 Å². The molecule has 0 radical (unpaired) electrons. The Morgan fingerprint density at radius 2 is 1.96 bits per heavy atom. The Bertz CT molecular complexity index is 616. The van der Waals surface area contributed by atoms with Crippen molar-refractivity contribution in [3.63, 3.8) is 0 Å². The summed E-state index contributed by atoms with van der Waals surface area (Å²) in [6.07, 6.45) is -4.89. The summed E-state index contributed by atoms with van der Waals surface area (Å²) in [6.45, 7) is 2.13. The summed E-state index contributed by atoms with van der Waals surface area (Å²) in [5.74, 6) is -1.92. The summed E-state index contributed by atoms with van der Waals surface area (Å²) >= 11 is 0. The second-order valence-corrected chi connectivity index (χ2v) is 5.06. The maximum atomic E-state index is 12.3. The van der Waals surface area contributed by atoms with Gasteiger partial charge in [0, 0.05) is 19.2 Å². The quantitative estimate of drug-likeness (QED) is 0.827. The van der Waals surface area contributed by atoms with Gasteiger partial charge < -0.3 is 20.5 Å². The van der Waals surface area contributed by atoms with Crippen LogP contribution < -0.4 is 15.8 Å². The van der Waals surface area contributed by atoms with Crippen LogP contribution in [0, 0.1) is 0 Å². The van der Waals surface area contributed by atoms with Crippen molar-refractivity contribution in [3.05, 3.63) is 23.8 Å². The molecule has 1 aromatic rings. The molecule has 0 aromatic heterocycles. The molecule has 7 nitrogen and oxygen atoms in total. The van der Waals surface area contributed by atoms with Crippen LogP contribution in [-0.2, 0) is 9.53 Å². The molecule has 0 bridgehead atoms. The molecule has 10 heteroatoms. The first-order valence-corrected chi connectivity index (χ1v) is 7.04. The molecule has 0 aliphatic carbocycles. The van der Waals surface area contributed by atoms with E-state index < -0.39 is 23.9 Å². The maximum absolute atomic E-state index is 12.3. The molecule has 1 aliphatic rings. The van der Waals surface area contributed by atoms with E-state index in [1.54, 1.807) is 0 Å². The van der Waals surface area contributed by atoms with Gasteiger partial charge in [-0.05, 0) is 12.1 Å². The van der Waals surface area contributed by atoms with Crippen molar-refractivity contribution in [2.75, 3.05) is 38.2 Å². The number of ether oxygens (including phenoxy) is 2. The molecule has 0 spiro atoms. The molecule has 3 N–H and O–H groups in total. The number of benzene rings is 1. The third-order valence-corrected chi connectivity index (χ3v) is 3.24. The van der Waals surface area contributed by atoms with Crippen LogP contribution >= 0.6 is 0 Å². The van der Waals surface area contributed by atoms with Gasteiger partial charge in [-0.3, -0.25) is 14.5 Å². The number of alkyl halides is 3.